The van der Waals surface area contributed by atoms with Crippen molar-refractivity contribution < 1.29 is 18.0 Å². The van der Waals surface area contributed by atoms with Gasteiger partial charge in [0.2, 0.25) is 0 Å². The lowest BCUT2D eigenvalue weighted by Crippen LogP contribution is -2.18. The molecule has 2 aromatic heterocycles. The Kier molecular flexibility index (Phi) is 3.16. The summed E-state index contributed by atoms with van der Waals surface area (Å²) in [6.45, 7) is 0. The molecule has 0 aliphatic rings. The number of amides is 1. The zero-order valence-corrected chi connectivity index (χ0v) is 9.35. The van der Waals surface area contributed by atoms with E-state index < -0.39 is 17.8 Å². The molecule has 0 saturated heterocycles. The molecule has 5 nitrogen and oxygen atoms in total. The first-order chi connectivity index (χ1) is 8.89. The van der Waals surface area contributed by atoms with Gasteiger partial charge in [0.15, 0.2) is 5.69 Å². The van der Waals surface area contributed by atoms with Crippen LogP contribution in [0.5, 0.6) is 0 Å². The van der Waals surface area contributed by atoms with Crippen LogP contribution in [0.25, 0.3) is 11.3 Å². The lowest BCUT2D eigenvalue weighted by molar-refractivity contribution is -0.141. The van der Waals surface area contributed by atoms with Crippen LogP contribution in [0.4, 0.5) is 13.2 Å². The van der Waals surface area contributed by atoms with E-state index >= 15 is 0 Å². The van der Waals surface area contributed by atoms with E-state index in [1.165, 1.54) is 18.5 Å². The molecule has 0 unspecified atom stereocenters. The number of nitrogens with zero attached hydrogens (tertiary/aromatic N) is 3. The molecule has 0 aliphatic heterocycles. The third kappa shape index (κ3) is 2.67. The second-order valence-electron chi connectivity index (χ2n) is 3.60. The van der Waals surface area contributed by atoms with Crippen LogP contribution in [0.1, 0.15) is 16.1 Å². The van der Waals surface area contributed by atoms with Gasteiger partial charge in [0.1, 0.15) is 5.69 Å². The minimum absolute atomic E-state index is 0.0337. The normalized spacial score (nSPS) is 11.3. The van der Waals surface area contributed by atoms with Gasteiger partial charge in [-0.05, 0) is 18.2 Å². The highest BCUT2D eigenvalue weighted by molar-refractivity contribution is 5.98. The average molecular weight is 268 g/mol. The number of nitrogens with two attached hydrogens (primary N) is 1. The Balaban J connectivity index is 2.61. The van der Waals surface area contributed by atoms with Gasteiger partial charge < -0.3 is 5.73 Å². The molecular formula is C11H7F3N4O. The summed E-state index contributed by atoms with van der Waals surface area (Å²) < 4.78 is 37.5. The Morgan fingerprint density at radius 2 is 2.00 bits per heavy atom. The molecule has 0 saturated carbocycles. The van der Waals surface area contributed by atoms with E-state index in [-0.39, 0.29) is 11.3 Å². The molecule has 0 aliphatic carbocycles. The zero-order chi connectivity index (χ0) is 14.0. The average Bonchev–Trinajstić information content (AvgIpc) is 2.38. The van der Waals surface area contributed by atoms with E-state index in [9.17, 15) is 18.0 Å². The number of pyridine rings is 1. The van der Waals surface area contributed by atoms with Gasteiger partial charge in [0.05, 0.1) is 5.56 Å². The Bertz CT molecular complexity index is 613. The van der Waals surface area contributed by atoms with E-state index in [0.29, 0.717) is 11.6 Å². The molecule has 2 N–H and O–H groups in total. The number of primary amides is 1. The Hall–Kier alpha value is -2.51. The molecule has 2 rings (SSSR count). The highest BCUT2D eigenvalue weighted by atomic mass is 19.4. The second-order valence-corrected chi connectivity index (χ2v) is 3.60. The molecule has 19 heavy (non-hydrogen) atoms. The van der Waals surface area contributed by atoms with Crippen molar-refractivity contribution in [2.75, 3.05) is 0 Å². The van der Waals surface area contributed by atoms with Crippen molar-refractivity contribution in [1.82, 2.24) is 15.2 Å². The van der Waals surface area contributed by atoms with Crippen LogP contribution in [0.15, 0.2) is 30.6 Å². The number of halogens is 3. The van der Waals surface area contributed by atoms with E-state index in [0.717, 1.165) is 0 Å². The van der Waals surface area contributed by atoms with Crippen molar-refractivity contribution in [2.45, 2.75) is 6.18 Å². The van der Waals surface area contributed by atoms with Gasteiger partial charge in [0.25, 0.3) is 5.91 Å². The largest absolute Gasteiger partial charge is 0.435 e. The SMILES string of the molecule is NC(=O)c1cc(C(F)(F)F)nnc1-c1cccnc1. The fourth-order valence-electron chi connectivity index (χ4n) is 1.43. The first-order valence-electron chi connectivity index (χ1n) is 5.04. The van der Waals surface area contributed by atoms with Gasteiger partial charge in [-0.15, -0.1) is 10.2 Å². The summed E-state index contributed by atoms with van der Waals surface area (Å²) in [5, 5.41) is 6.48. The smallest absolute Gasteiger partial charge is 0.366 e. The summed E-state index contributed by atoms with van der Waals surface area (Å²) in [4.78, 5) is 15.0. The lowest BCUT2D eigenvalue weighted by atomic mass is 10.1. The van der Waals surface area contributed by atoms with Gasteiger partial charge in [-0.1, -0.05) is 0 Å². The zero-order valence-electron chi connectivity index (χ0n) is 9.35. The maximum absolute atomic E-state index is 12.5. The number of carbonyl (C=O) groups is 1. The molecule has 98 valence electrons. The monoisotopic (exact) mass is 268 g/mol. The molecule has 8 heteroatoms. The molecule has 1 amide bonds. The van der Waals surface area contributed by atoms with Gasteiger partial charge in [-0.25, -0.2) is 0 Å². The van der Waals surface area contributed by atoms with Crippen molar-refractivity contribution in [1.29, 1.82) is 0 Å². The summed E-state index contributed by atoms with van der Waals surface area (Å²) in [7, 11) is 0. The Morgan fingerprint density at radius 3 is 2.53 bits per heavy atom. The van der Waals surface area contributed by atoms with Crippen LogP contribution in [0.2, 0.25) is 0 Å². The first-order valence-corrected chi connectivity index (χ1v) is 5.04. The van der Waals surface area contributed by atoms with E-state index in [4.69, 9.17) is 5.73 Å². The van der Waals surface area contributed by atoms with Crippen LogP contribution < -0.4 is 5.73 Å². The summed E-state index contributed by atoms with van der Waals surface area (Å²) in [5.41, 5.74) is 3.77. The fraction of sp³-hybridized carbons (Fsp3) is 0.0909. The predicted molar refractivity (Wildman–Crippen MR) is 58.8 cm³/mol. The summed E-state index contributed by atoms with van der Waals surface area (Å²) >= 11 is 0. The third-order valence-electron chi connectivity index (χ3n) is 2.28. The summed E-state index contributed by atoms with van der Waals surface area (Å²) in [6.07, 6.45) is -1.86. The minimum atomic E-state index is -4.69. The highest BCUT2D eigenvalue weighted by Gasteiger charge is 2.34. The van der Waals surface area contributed by atoms with E-state index in [2.05, 4.69) is 15.2 Å². The molecule has 0 spiro atoms. The summed E-state index contributed by atoms with van der Waals surface area (Å²) in [6, 6.07) is 3.67. The van der Waals surface area contributed by atoms with E-state index in [1.807, 2.05) is 0 Å². The van der Waals surface area contributed by atoms with Crippen molar-refractivity contribution in [3.63, 3.8) is 0 Å². The minimum Gasteiger partial charge on any atom is -0.366 e. The third-order valence-corrected chi connectivity index (χ3v) is 2.28. The predicted octanol–water partition coefficient (Wildman–Crippen LogP) is 1.66. The maximum Gasteiger partial charge on any atom is 0.435 e. The lowest BCUT2D eigenvalue weighted by Gasteiger charge is -2.09. The van der Waals surface area contributed by atoms with Crippen molar-refractivity contribution in [3.05, 3.63) is 41.9 Å². The molecule has 0 atom stereocenters. The molecule has 0 bridgehead atoms. The van der Waals surface area contributed by atoms with Gasteiger partial charge >= 0.3 is 6.18 Å². The van der Waals surface area contributed by atoms with Crippen LogP contribution in [0, 0.1) is 0 Å². The van der Waals surface area contributed by atoms with Crippen molar-refractivity contribution in [2.24, 2.45) is 5.73 Å². The van der Waals surface area contributed by atoms with Gasteiger partial charge in [0, 0.05) is 18.0 Å². The van der Waals surface area contributed by atoms with Gasteiger partial charge in [-0.3, -0.25) is 9.78 Å². The van der Waals surface area contributed by atoms with Crippen LogP contribution >= 0.6 is 0 Å². The molecule has 0 fully saturated rings. The van der Waals surface area contributed by atoms with Crippen LogP contribution in [-0.4, -0.2) is 21.1 Å². The van der Waals surface area contributed by atoms with Crippen molar-refractivity contribution >= 4 is 5.91 Å². The van der Waals surface area contributed by atoms with Crippen molar-refractivity contribution in [3.8, 4) is 11.3 Å². The molecule has 0 aromatic carbocycles. The van der Waals surface area contributed by atoms with Crippen LogP contribution in [0.3, 0.4) is 0 Å². The number of hydrogen-bond acceptors (Lipinski definition) is 4. The molecule has 2 heterocycles. The maximum atomic E-state index is 12.5. The van der Waals surface area contributed by atoms with Crippen LogP contribution in [-0.2, 0) is 6.18 Å². The topological polar surface area (TPSA) is 81.8 Å². The fourth-order valence-corrected chi connectivity index (χ4v) is 1.43. The Morgan fingerprint density at radius 1 is 1.26 bits per heavy atom. The number of hydrogen-bond donors (Lipinski definition) is 1. The number of aromatic nitrogens is 3. The molecule has 0 radical (unpaired) electrons. The van der Waals surface area contributed by atoms with Gasteiger partial charge in [-0.2, -0.15) is 13.2 Å². The summed E-state index contributed by atoms with van der Waals surface area (Å²) in [5.74, 6) is -1.01. The first kappa shape index (κ1) is 12.9. The quantitative estimate of drug-likeness (QED) is 0.897. The number of carbonyl (C=O) groups excluding carboxylic acids is 1. The van der Waals surface area contributed by atoms with E-state index in [1.54, 1.807) is 6.07 Å². The Labute approximate surface area is 105 Å². The number of rotatable bonds is 2. The molecule has 2 aromatic rings. The standard InChI is InChI=1S/C11H7F3N4O/c12-11(13,14)8-4-7(10(15)19)9(18-17-8)6-2-1-3-16-5-6/h1-5H,(H2,15,19). The molecular weight excluding hydrogens is 261 g/mol. The second kappa shape index (κ2) is 4.63. The highest BCUT2D eigenvalue weighted by Crippen LogP contribution is 2.29. The number of alkyl halides is 3.